The van der Waals surface area contributed by atoms with Gasteiger partial charge >= 0.3 is 34.9 Å². The van der Waals surface area contributed by atoms with Gasteiger partial charge in [0, 0.05) is 0 Å². The summed E-state index contributed by atoms with van der Waals surface area (Å²) in [5, 5.41) is 5.32. The molecular weight excluding hydrogens is 519 g/mol. The Balaban J connectivity index is 0. The van der Waals surface area contributed by atoms with Crippen LogP contribution in [0.5, 0.6) is 0 Å². The van der Waals surface area contributed by atoms with E-state index in [0.29, 0.717) is 0 Å². The van der Waals surface area contributed by atoms with Crippen LogP contribution in [-0.2, 0) is 28.7 Å². The van der Waals surface area contributed by atoms with Gasteiger partial charge in [-0.25, -0.2) is 6.61 Å². The molecule has 4 aromatic rings. The SMILES string of the molecule is CC[CH-]O[Si](C)(C)C.C[CH]=[Zr].Cl.Cl.c1ccc2[cH-]ccc2c1.c1ccc2[cH-]ccc2c1. The minimum atomic E-state index is -1.23. The monoisotopic (exact) mass is 551 g/mol. The zero-order valence-corrected chi connectivity index (χ0v) is 24.3. The summed E-state index contributed by atoms with van der Waals surface area (Å²) in [4.78, 5) is 0. The fourth-order valence-corrected chi connectivity index (χ4v) is 3.14. The first kappa shape index (κ1) is 32.4. The second-order valence-corrected chi connectivity index (χ2v) is 13.3. The summed E-state index contributed by atoms with van der Waals surface area (Å²) in [6.07, 6.45) is 1.02. The van der Waals surface area contributed by atoms with Crippen LogP contribution in [0, 0.1) is 6.61 Å². The Hall–Kier alpha value is -0.830. The first-order valence-corrected chi connectivity index (χ1v) is 14.9. The third kappa shape index (κ3) is 14.8. The summed E-state index contributed by atoms with van der Waals surface area (Å²) in [6.45, 7) is 12.6. The molecule has 0 heterocycles. The quantitative estimate of drug-likeness (QED) is 0.182. The molecule has 0 fully saturated rings. The number of halogens is 2. The van der Waals surface area contributed by atoms with Gasteiger partial charge in [-0.05, 0) is 19.6 Å². The average Bonchev–Trinajstić information content (AvgIpc) is 3.36. The van der Waals surface area contributed by atoms with E-state index in [2.05, 4.69) is 115 Å². The summed E-state index contributed by atoms with van der Waals surface area (Å²) >= 11 is 1.51. The fourth-order valence-electron chi connectivity index (χ4n) is 2.47. The predicted octanol–water partition coefficient (Wildman–Crippen LogP) is 8.73. The van der Waals surface area contributed by atoms with Gasteiger partial charge in [0.05, 0.1) is 0 Å². The molecule has 0 unspecified atom stereocenters. The maximum absolute atomic E-state index is 5.39. The van der Waals surface area contributed by atoms with Crippen LogP contribution in [0.25, 0.3) is 21.5 Å². The maximum atomic E-state index is 5.39. The minimum Gasteiger partial charge on any atom is -0.168 e. The Morgan fingerprint density at radius 1 is 0.839 bits per heavy atom. The van der Waals surface area contributed by atoms with E-state index in [0.717, 1.165) is 6.42 Å². The van der Waals surface area contributed by atoms with E-state index in [1.165, 1.54) is 45.8 Å². The van der Waals surface area contributed by atoms with E-state index in [4.69, 9.17) is 4.43 Å². The van der Waals surface area contributed by atoms with E-state index in [-0.39, 0.29) is 24.8 Å². The summed E-state index contributed by atoms with van der Waals surface area (Å²) in [7, 11) is -1.23. The Kier molecular flexibility index (Phi) is 19.5. The molecule has 0 aromatic heterocycles. The first-order chi connectivity index (χ1) is 13.9. The fraction of sp³-hybridized carbons (Fsp3) is 0.231. The molecule has 4 aromatic carbocycles. The largest absolute Gasteiger partial charge is 0.168 e. The second kappa shape index (κ2) is 18.7. The number of rotatable bonds is 3. The third-order valence-corrected chi connectivity index (χ3v) is 4.57. The molecule has 0 spiro atoms. The van der Waals surface area contributed by atoms with Gasteiger partial charge in [0.2, 0.25) is 0 Å². The van der Waals surface area contributed by atoms with Gasteiger partial charge in [-0.15, -0.1) is 84.1 Å². The molecule has 0 aliphatic heterocycles. The van der Waals surface area contributed by atoms with Gasteiger partial charge in [0.1, 0.15) is 8.32 Å². The van der Waals surface area contributed by atoms with Crippen molar-refractivity contribution in [3.63, 3.8) is 0 Å². The molecule has 170 valence electrons. The van der Waals surface area contributed by atoms with Gasteiger partial charge in [-0.3, -0.25) is 0 Å². The third-order valence-electron chi connectivity index (χ3n) is 3.70. The topological polar surface area (TPSA) is 9.23 Å². The van der Waals surface area contributed by atoms with Crippen molar-refractivity contribution in [2.24, 2.45) is 0 Å². The van der Waals surface area contributed by atoms with Crippen molar-refractivity contribution in [1.29, 1.82) is 0 Å². The zero-order valence-electron chi connectivity index (χ0n) is 19.2. The Bertz CT molecular complexity index is 815. The molecular formula is C26H35Cl2OSiZr-3. The molecule has 0 aliphatic carbocycles. The van der Waals surface area contributed by atoms with Crippen LogP contribution >= 0.6 is 24.8 Å². The van der Waals surface area contributed by atoms with Crippen LogP contribution in [0.4, 0.5) is 0 Å². The minimum absolute atomic E-state index is 0. The van der Waals surface area contributed by atoms with Crippen molar-refractivity contribution in [3.8, 4) is 0 Å². The van der Waals surface area contributed by atoms with Crippen molar-refractivity contribution in [1.82, 2.24) is 0 Å². The zero-order chi connectivity index (χ0) is 21.5. The molecule has 0 N–H and O–H groups in total. The molecule has 5 heteroatoms. The summed E-state index contributed by atoms with van der Waals surface area (Å²) in [5.74, 6) is 0. The van der Waals surface area contributed by atoms with Crippen molar-refractivity contribution in [3.05, 3.63) is 91.5 Å². The molecule has 31 heavy (non-hydrogen) atoms. The summed E-state index contributed by atoms with van der Waals surface area (Å²) in [5.41, 5.74) is 0. The van der Waals surface area contributed by atoms with Crippen LogP contribution in [0.2, 0.25) is 19.6 Å². The number of benzene rings is 2. The van der Waals surface area contributed by atoms with E-state index < -0.39 is 8.32 Å². The van der Waals surface area contributed by atoms with Gasteiger partial charge in [0.15, 0.2) is 0 Å². The van der Waals surface area contributed by atoms with Gasteiger partial charge < -0.3 is 4.43 Å². The van der Waals surface area contributed by atoms with Crippen LogP contribution in [0.3, 0.4) is 0 Å². The summed E-state index contributed by atoms with van der Waals surface area (Å²) < 4.78 is 7.48. The molecule has 0 bridgehead atoms. The van der Waals surface area contributed by atoms with Crippen molar-refractivity contribution < 1.29 is 28.7 Å². The average molecular weight is 554 g/mol. The van der Waals surface area contributed by atoms with E-state index in [1.54, 1.807) is 0 Å². The molecule has 4 rings (SSSR count). The second-order valence-electron chi connectivity index (χ2n) is 7.40. The van der Waals surface area contributed by atoms with E-state index in [9.17, 15) is 0 Å². The van der Waals surface area contributed by atoms with Crippen LogP contribution < -0.4 is 0 Å². The molecule has 0 saturated carbocycles. The van der Waals surface area contributed by atoms with Gasteiger partial charge in [-0.1, -0.05) is 19.1 Å². The Labute approximate surface area is 217 Å². The maximum Gasteiger partial charge on any atom is -0.0809 e. The normalized spacial score (nSPS) is 9.42. The molecule has 1 nitrogen and oxygen atoms in total. The van der Waals surface area contributed by atoms with Crippen LogP contribution in [0.15, 0.2) is 84.9 Å². The Morgan fingerprint density at radius 3 is 1.52 bits per heavy atom. The van der Waals surface area contributed by atoms with E-state index >= 15 is 0 Å². The molecule has 0 radical (unpaired) electrons. The van der Waals surface area contributed by atoms with Gasteiger partial charge in [-0.2, -0.15) is 41.5 Å². The standard InChI is InChI=1S/2C9H7.C6H15OSi.C2H4.2ClH.Zr/c2*1-2-5-9-7-3-6-8(9)4-1;1-5-6-7-8(2,3)4;1-2;;;/h2*1-7H;6H,5H2,1-4H3;1H,2H3;2*1H;/q3*-1;;;;. The molecule has 0 aliphatic rings. The van der Waals surface area contributed by atoms with Crippen LogP contribution in [0.1, 0.15) is 20.3 Å². The van der Waals surface area contributed by atoms with Gasteiger partial charge in [0.25, 0.3) is 0 Å². The molecule has 0 saturated heterocycles. The van der Waals surface area contributed by atoms with Crippen molar-refractivity contribution in [2.45, 2.75) is 39.9 Å². The molecule has 0 amide bonds. The smallest absolute Gasteiger partial charge is 0.0809 e. The van der Waals surface area contributed by atoms with Crippen molar-refractivity contribution >= 4 is 58.4 Å². The number of hydrogen-bond donors (Lipinski definition) is 0. The Morgan fingerprint density at radius 2 is 1.23 bits per heavy atom. The summed E-state index contributed by atoms with van der Waals surface area (Å²) in [6, 6.07) is 29.3. The van der Waals surface area contributed by atoms with E-state index in [1.807, 2.05) is 13.5 Å². The van der Waals surface area contributed by atoms with Crippen LogP contribution in [-0.4, -0.2) is 12.0 Å². The first-order valence-electron chi connectivity index (χ1n) is 10.1. The van der Waals surface area contributed by atoms with Crippen molar-refractivity contribution in [2.75, 3.05) is 0 Å². The predicted molar refractivity (Wildman–Crippen MR) is 144 cm³/mol. The molecule has 0 atom stereocenters. The number of hydrogen-bond acceptors (Lipinski definition) is 1. The number of fused-ring (bicyclic) bond motifs is 2.